The van der Waals surface area contributed by atoms with Gasteiger partial charge >= 0.3 is 0 Å². The van der Waals surface area contributed by atoms with Crippen molar-refractivity contribution >= 4 is 57.0 Å². The summed E-state index contributed by atoms with van der Waals surface area (Å²) in [6.45, 7) is 0.608. The van der Waals surface area contributed by atoms with E-state index >= 15 is 0 Å². The number of fused-ring (bicyclic) bond motifs is 3. The lowest BCUT2D eigenvalue weighted by atomic mass is 10.2. The first-order chi connectivity index (χ1) is 14.7. The first-order valence-corrected chi connectivity index (χ1v) is 11.2. The molecule has 0 aliphatic heterocycles. The van der Waals surface area contributed by atoms with Crippen molar-refractivity contribution in [2.45, 2.75) is 17.5 Å². The molecule has 2 aromatic heterocycles. The zero-order chi connectivity index (χ0) is 20.5. The van der Waals surface area contributed by atoms with E-state index in [1.54, 1.807) is 0 Å². The van der Waals surface area contributed by atoms with Crippen molar-refractivity contribution in [1.29, 1.82) is 0 Å². The van der Waals surface area contributed by atoms with Gasteiger partial charge in [-0.1, -0.05) is 89.6 Å². The molecule has 30 heavy (non-hydrogen) atoms. The Morgan fingerprint density at radius 3 is 2.20 bits per heavy atom. The number of nitrogens with zero attached hydrogens (tertiary/aromatic N) is 4. The van der Waals surface area contributed by atoms with Crippen LogP contribution < -0.4 is 0 Å². The highest BCUT2D eigenvalue weighted by Crippen LogP contribution is 2.30. The van der Waals surface area contributed by atoms with Crippen LogP contribution in [0.15, 0.2) is 78.0 Å². The molecule has 7 heteroatoms. The molecule has 2 heterocycles. The van der Waals surface area contributed by atoms with Crippen LogP contribution in [-0.2, 0) is 12.3 Å². The van der Waals surface area contributed by atoms with E-state index in [1.165, 1.54) is 11.8 Å². The van der Waals surface area contributed by atoms with E-state index in [4.69, 9.17) is 28.2 Å². The van der Waals surface area contributed by atoms with Gasteiger partial charge in [0.1, 0.15) is 5.52 Å². The third-order valence-corrected chi connectivity index (χ3v) is 6.58. The van der Waals surface area contributed by atoms with Crippen LogP contribution in [-0.4, -0.2) is 19.7 Å². The number of rotatable bonds is 5. The van der Waals surface area contributed by atoms with Gasteiger partial charge in [0.15, 0.2) is 5.65 Å². The molecular formula is C23H16Cl2N4S. The minimum absolute atomic E-state index is 0.608. The fraction of sp³-hybridized carbons (Fsp3) is 0.0870. The van der Waals surface area contributed by atoms with Crippen molar-refractivity contribution in [3.8, 4) is 0 Å². The highest BCUT2D eigenvalue weighted by molar-refractivity contribution is 7.98. The number of hydrogen-bond acceptors (Lipinski definition) is 4. The molecule has 148 valence electrons. The molecule has 0 bridgehead atoms. The number of thioether (sulfide) groups is 1. The average molecular weight is 451 g/mol. The molecule has 0 saturated carbocycles. The number of aromatic nitrogens is 4. The Balaban J connectivity index is 1.57. The van der Waals surface area contributed by atoms with Crippen LogP contribution in [0.3, 0.4) is 0 Å². The van der Waals surface area contributed by atoms with E-state index in [2.05, 4.69) is 20.8 Å². The number of halogens is 2. The molecule has 0 atom stereocenters. The fourth-order valence-corrected chi connectivity index (χ4v) is 4.73. The second-order valence-corrected chi connectivity index (χ2v) is 8.60. The largest absolute Gasteiger partial charge is 0.319 e. The zero-order valence-electron chi connectivity index (χ0n) is 15.8. The number of benzene rings is 3. The Morgan fingerprint density at radius 1 is 0.767 bits per heavy atom. The molecule has 0 radical (unpaired) electrons. The summed E-state index contributed by atoms with van der Waals surface area (Å²) in [5, 5.41) is 12.0. The fourth-order valence-electron chi connectivity index (χ4n) is 3.47. The van der Waals surface area contributed by atoms with Crippen molar-refractivity contribution in [3.63, 3.8) is 0 Å². The van der Waals surface area contributed by atoms with Crippen LogP contribution in [0, 0.1) is 0 Å². The SMILES string of the molecule is Clc1ccccc1CSc1nnc2c3ccccc3n(Cc3ccccc3Cl)c2n1. The summed E-state index contributed by atoms with van der Waals surface area (Å²) < 4.78 is 2.15. The van der Waals surface area contributed by atoms with Crippen molar-refractivity contribution in [2.75, 3.05) is 0 Å². The monoisotopic (exact) mass is 450 g/mol. The summed E-state index contributed by atoms with van der Waals surface area (Å²) in [7, 11) is 0. The minimum atomic E-state index is 0.608. The topological polar surface area (TPSA) is 43.6 Å². The highest BCUT2D eigenvalue weighted by Gasteiger charge is 2.16. The predicted molar refractivity (Wildman–Crippen MR) is 124 cm³/mol. The van der Waals surface area contributed by atoms with Gasteiger partial charge in [-0.15, -0.1) is 10.2 Å². The maximum atomic E-state index is 6.43. The molecule has 4 nitrogen and oxygen atoms in total. The molecule has 0 aliphatic carbocycles. The van der Waals surface area contributed by atoms with E-state index in [9.17, 15) is 0 Å². The van der Waals surface area contributed by atoms with Crippen molar-refractivity contribution in [2.24, 2.45) is 0 Å². The Labute approximate surface area is 187 Å². The van der Waals surface area contributed by atoms with Crippen LogP contribution >= 0.6 is 35.0 Å². The molecule has 5 rings (SSSR count). The van der Waals surface area contributed by atoms with Crippen LogP contribution in [0.25, 0.3) is 22.1 Å². The van der Waals surface area contributed by atoms with Gasteiger partial charge in [0, 0.05) is 21.2 Å². The number of para-hydroxylation sites is 1. The van der Waals surface area contributed by atoms with Crippen molar-refractivity contribution in [3.05, 3.63) is 94.0 Å². The smallest absolute Gasteiger partial charge is 0.211 e. The Morgan fingerprint density at radius 2 is 1.43 bits per heavy atom. The Bertz CT molecular complexity index is 1370. The summed E-state index contributed by atoms with van der Waals surface area (Å²) in [6.07, 6.45) is 0. The lowest BCUT2D eigenvalue weighted by molar-refractivity contribution is 0.814. The van der Waals surface area contributed by atoms with Crippen molar-refractivity contribution < 1.29 is 0 Å². The lowest BCUT2D eigenvalue weighted by Crippen LogP contribution is -2.03. The molecular weight excluding hydrogens is 435 g/mol. The van der Waals surface area contributed by atoms with Crippen LogP contribution in [0.1, 0.15) is 11.1 Å². The average Bonchev–Trinajstić information content (AvgIpc) is 3.08. The molecule has 0 fully saturated rings. The molecule has 0 aliphatic rings. The normalized spacial score (nSPS) is 11.4. The summed E-state index contributed by atoms with van der Waals surface area (Å²) in [4.78, 5) is 4.85. The second-order valence-electron chi connectivity index (χ2n) is 6.84. The van der Waals surface area contributed by atoms with E-state index in [0.29, 0.717) is 17.5 Å². The van der Waals surface area contributed by atoms with Crippen LogP contribution in [0.5, 0.6) is 0 Å². The third kappa shape index (κ3) is 3.65. The lowest BCUT2D eigenvalue weighted by Gasteiger charge is -2.09. The molecule has 3 aromatic carbocycles. The molecule has 0 N–H and O–H groups in total. The van der Waals surface area contributed by atoms with Gasteiger partial charge in [-0.2, -0.15) is 0 Å². The van der Waals surface area contributed by atoms with Crippen LogP contribution in [0.2, 0.25) is 10.0 Å². The highest BCUT2D eigenvalue weighted by atomic mass is 35.5. The van der Waals surface area contributed by atoms with Gasteiger partial charge in [-0.25, -0.2) is 4.98 Å². The van der Waals surface area contributed by atoms with Gasteiger partial charge in [-0.05, 0) is 29.3 Å². The maximum absolute atomic E-state index is 6.43. The van der Waals surface area contributed by atoms with Crippen molar-refractivity contribution in [1.82, 2.24) is 19.7 Å². The molecule has 0 unspecified atom stereocenters. The summed E-state index contributed by atoms with van der Waals surface area (Å²) in [5.74, 6) is 0.678. The van der Waals surface area contributed by atoms with E-state index in [-0.39, 0.29) is 0 Å². The predicted octanol–water partition coefficient (Wildman–Crippen LogP) is 6.63. The van der Waals surface area contributed by atoms with Gasteiger partial charge in [0.2, 0.25) is 5.16 Å². The maximum Gasteiger partial charge on any atom is 0.211 e. The molecule has 0 saturated heterocycles. The van der Waals surface area contributed by atoms with Gasteiger partial charge < -0.3 is 4.57 Å². The second kappa shape index (κ2) is 8.26. The van der Waals surface area contributed by atoms with E-state index in [1.807, 2.05) is 66.7 Å². The first-order valence-electron chi connectivity index (χ1n) is 9.42. The standard InChI is InChI=1S/C23H16Cl2N4S/c24-18-10-4-1-7-15(18)13-29-20-12-6-3-9-17(20)21-22(29)26-23(28-27-21)30-14-16-8-2-5-11-19(16)25/h1-12H,13-14H2. The van der Waals surface area contributed by atoms with E-state index in [0.717, 1.165) is 43.2 Å². The molecule has 0 spiro atoms. The minimum Gasteiger partial charge on any atom is -0.319 e. The van der Waals surface area contributed by atoms with Gasteiger partial charge in [-0.3, -0.25) is 0 Å². The summed E-state index contributed by atoms with van der Waals surface area (Å²) >= 11 is 14.2. The molecule has 0 amide bonds. The quantitative estimate of drug-likeness (QED) is 0.282. The van der Waals surface area contributed by atoms with E-state index < -0.39 is 0 Å². The summed E-state index contributed by atoms with van der Waals surface area (Å²) in [5.41, 5.74) is 4.73. The number of hydrogen-bond donors (Lipinski definition) is 0. The Kier molecular flexibility index (Phi) is 5.34. The third-order valence-electron chi connectivity index (χ3n) is 4.96. The Hall–Kier alpha value is -2.60. The first kappa shape index (κ1) is 19.4. The summed E-state index contributed by atoms with van der Waals surface area (Å²) in [6, 6.07) is 23.8. The van der Waals surface area contributed by atoms with Crippen LogP contribution in [0.4, 0.5) is 0 Å². The van der Waals surface area contributed by atoms with Gasteiger partial charge in [0.05, 0.1) is 12.1 Å². The zero-order valence-corrected chi connectivity index (χ0v) is 18.1. The molecule has 5 aromatic rings. The van der Waals surface area contributed by atoms with Gasteiger partial charge in [0.25, 0.3) is 0 Å².